The molecule has 2 amide bonds. The molecule has 2 aromatic rings. The predicted molar refractivity (Wildman–Crippen MR) is 150 cm³/mol. The number of aromatic nitrogens is 2. The molecule has 2 N–H and O–H groups in total. The van der Waals surface area contributed by atoms with E-state index in [2.05, 4.69) is 32.5 Å². The third-order valence-corrected chi connectivity index (χ3v) is 6.62. The summed E-state index contributed by atoms with van der Waals surface area (Å²) in [6.07, 6.45) is 5.65. The minimum absolute atomic E-state index is 0.00269. The molecule has 10 nitrogen and oxygen atoms in total. The highest BCUT2D eigenvalue weighted by molar-refractivity contribution is 6.32. The fourth-order valence-electron chi connectivity index (χ4n) is 4.41. The quantitative estimate of drug-likeness (QED) is 0.298. The summed E-state index contributed by atoms with van der Waals surface area (Å²) in [6, 6.07) is 9.47. The second kappa shape index (κ2) is 14.1. The summed E-state index contributed by atoms with van der Waals surface area (Å²) < 4.78 is 5.27. The summed E-state index contributed by atoms with van der Waals surface area (Å²) in [5.41, 5.74) is 4.05. The van der Waals surface area contributed by atoms with Crippen LogP contribution in [0, 0.1) is 11.3 Å². The largest absolute Gasteiger partial charge is 0.444 e. The van der Waals surface area contributed by atoms with Crippen molar-refractivity contribution in [3.8, 4) is 6.07 Å². The Morgan fingerprint density at radius 3 is 2.51 bits per heavy atom. The van der Waals surface area contributed by atoms with Crippen molar-refractivity contribution in [1.82, 2.24) is 25.6 Å². The number of carbonyl (C=O) groups is 2. The van der Waals surface area contributed by atoms with E-state index in [1.165, 1.54) is 6.20 Å². The van der Waals surface area contributed by atoms with E-state index in [4.69, 9.17) is 16.3 Å². The average Bonchev–Trinajstić information content (AvgIpc) is 3.43. The number of halogens is 1. The molecular formula is C28H38ClN7O3. The molecule has 1 aliphatic carbocycles. The van der Waals surface area contributed by atoms with Gasteiger partial charge in [0, 0.05) is 25.2 Å². The lowest BCUT2D eigenvalue weighted by Crippen LogP contribution is -2.48. The minimum atomic E-state index is -0.513. The molecule has 210 valence electrons. The van der Waals surface area contributed by atoms with Crippen LogP contribution in [0.3, 0.4) is 0 Å². The van der Waals surface area contributed by atoms with Crippen LogP contribution in [0.5, 0.6) is 0 Å². The molecule has 0 atom stereocenters. The first-order valence-corrected chi connectivity index (χ1v) is 13.8. The number of nitriles is 1. The van der Waals surface area contributed by atoms with Gasteiger partial charge in [0.25, 0.3) is 5.91 Å². The number of benzene rings is 1. The molecule has 1 heterocycles. The zero-order valence-electron chi connectivity index (χ0n) is 23.2. The van der Waals surface area contributed by atoms with Crippen molar-refractivity contribution in [2.24, 2.45) is 0 Å². The zero-order chi connectivity index (χ0) is 28.4. The SMILES string of the molecule is CCN(CCCNC(=O)OC(C)(C)C)Cc1ccc(C(=O)NN(c2nc(C#N)ncc2Cl)C2CCCC2)cc1. The van der Waals surface area contributed by atoms with Crippen LogP contribution in [0.15, 0.2) is 30.5 Å². The summed E-state index contributed by atoms with van der Waals surface area (Å²) in [4.78, 5) is 35.5. The van der Waals surface area contributed by atoms with Crippen LogP contribution in [-0.2, 0) is 11.3 Å². The Morgan fingerprint density at radius 1 is 1.21 bits per heavy atom. The number of nitrogens with zero attached hydrogens (tertiary/aromatic N) is 5. The van der Waals surface area contributed by atoms with Gasteiger partial charge >= 0.3 is 6.09 Å². The topological polar surface area (TPSA) is 123 Å². The second-order valence-corrected chi connectivity index (χ2v) is 11.0. The molecule has 0 aliphatic heterocycles. The molecule has 1 aliphatic rings. The fraction of sp³-hybridized carbons (Fsp3) is 0.536. The van der Waals surface area contributed by atoms with Crippen LogP contribution in [0.1, 0.15) is 81.5 Å². The van der Waals surface area contributed by atoms with Crippen LogP contribution in [0.2, 0.25) is 5.02 Å². The number of carbonyl (C=O) groups excluding carboxylic acids is 2. The first-order chi connectivity index (χ1) is 18.6. The third kappa shape index (κ3) is 9.37. The number of rotatable bonds is 11. The average molecular weight is 556 g/mol. The lowest BCUT2D eigenvalue weighted by atomic mass is 10.1. The summed E-state index contributed by atoms with van der Waals surface area (Å²) >= 11 is 6.37. The highest BCUT2D eigenvalue weighted by atomic mass is 35.5. The highest BCUT2D eigenvalue weighted by Crippen LogP contribution is 2.30. The van der Waals surface area contributed by atoms with Gasteiger partial charge in [0.1, 0.15) is 16.7 Å². The van der Waals surface area contributed by atoms with Crippen LogP contribution < -0.4 is 15.8 Å². The number of hydrazine groups is 1. The van der Waals surface area contributed by atoms with Crippen molar-refractivity contribution < 1.29 is 14.3 Å². The maximum absolute atomic E-state index is 13.2. The van der Waals surface area contributed by atoms with Gasteiger partial charge in [-0.05, 0) is 64.3 Å². The van der Waals surface area contributed by atoms with Gasteiger partial charge in [0.05, 0.1) is 12.2 Å². The molecule has 3 rings (SSSR count). The van der Waals surface area contributed by atoms with Crippen LogP contribution in [0.4, 0.5) is 10.6 Å². The molecule has 11 heteroatoms. The van der Waals surface area contributed by atoms with Crippen LogP contribution in [-0.4, -0.2) is 58.1 Å². The number of ether oxygens (including phenoxy) is 1. The van der Waals surface area contributed by atoms with Gasteiger partial charge in [-0.2, -0.15) is 10.2 Å². The zero-order valence-corrected chi connectivity index (χ0v) is 23.9. The normalized spacial score (nSPS) is 13.7. The minimum Gasteiger partial charge on any atom is -0.444 e. The van der Waals surface area contributed by atoms with E-state index in [1.807, 2.05) is 39.0 Å². The molecule has 0 unspecified atom stereocenters. The van der Waals surface area contributed by atoms with Gasteiger partial charge in [-0.1, -0.05) is 43.5 Å². The van der Waals surface area contributed by atoms with E-state index < -0.39 is 11.7 Å². The molecule has 39 heavy (non-hydrogen) atoms. The van der Waals surface area contributed by atoms with Crippen molar-refractivity contribution in [2.75, 3.05) is 24.6 Å². The lowest BCUT2D eigenvalue weighted by molar-refractivity contribution is 0.0525. The molecule has 1 aromatic carbocycles. The van der Waals surface area contributed by atoms with E-state index in [-0.39, 0.29) is 22.8 Å². The maximum atomic E-state index is 13.2. The Hall–Kier alpha value is -3.42. The number of nitrogens with one attached hydrogen (secondary N) is 2. The van der Waals surface area contributed by atoms with E-state index in [9.17, 15) is 14.9 Å². The monoisotopic (exact) mass is 555 g/mol. The number of hydrogen-bond acceptors (Lipinski definition) is 8. The van der Waals surface area contributed by atoms with Crippen LogP contribution >= 0.6 is 11.6 Å². The van der Waals surface area contributed by atoms with Crippen molar-refractivity contribution in [1.29, 1.82) is 5.26 Å². The van der Waals surface area contributed by atoms with Crippen molar-refractivity contribution in [3.05, 3.63) is 52.4 Å². The standard InChI is InChI=1S/C28H38ClN7O3/c1-5-35(16-8-15-31-27(38)39-28(2,3)4)19-20-11-13-21(14-12-20)26(37)34-36(22-9-6-7-10-22)25-23(29)18-32-24(17-30)33-25/h11-14,18,22H,5-10,15-16,19H2,1-4H3,(H,31,38)(H,34,37). The lowest BCUT2D eigenvalue weighted by Gasteiger charge is -2.30. The van der Waals surface area contributed by atoms with Gasteiger partial charge in [0.2, 0.25) is 5.82 Å². The molecule has 0 saturated heterocycles. The third-order valence-electron chi connectivity index (χ3n) is 6.35. The van der Waals surface area contributed by atoms with E-state index >= 15 is 0 Å². The fourth-order valence-corrected chi connectivity index (χ4v) is 4.59. The smallest absolute Gasteiger partial charge is 0.407 e. The molecular weight excluding hydrogens is 518 g/mol. The number of amides is 2. The highest BCUT2D eigenvalue weighted by Gasteiger charge is 2.28. The Kier molecular flexibility index (Phi) is 10.9. The summed E-state index contributed by atoms with van der Waals surface area (Å²) in [5, 5.41) is 14.0. The number of alkyl carbamates (subject to hydrolysis) is 1. The van der Waals surface area contributed by atoms with E-state index in [0.717, 1.165) is 57.3 Å². The van der Waals surface area contributed by atoms with Gasteiger partial charge < -0.3 is 10.1 Å². The molecule has 1 aromatic heterocycles. The first kappa shape index (κ1) is 30.1. The molecule has 0 spiro atoms. The number of anilines is 1. The number of hydrogen-bond donors (Lipinski definition) is 2. The molecule has 1 saturated carbocycles. The van der Waals surface area contributed by atoms with Crippen molar-refractivity contribution in [2.45, 2.75) is 78.0 Å². The Bertz CT molecular complexity index is 1160. The van der Waals surface area contributed by atoms with E-state index in [0.29, 0.717) is 17.9 Å². The molecule has 0 radical (unpaired) electrons. The first-order valence-electron chi connectivity index (χ1n) is 13.4. The van der Waals surface area contributed by atoms with Crippen molar-refractivity contribution in [3.63, 3.8) is 0 Å². The summed E-state index contributed by atoms with van der Waals surface area (Å²) in [5.74, 6) is 0.0548. The van der Waals surface area contributed by atoms with Gasteiger partial charge in [-0.3, -0.25) is 20.1 Å². The maximum Gasteiger partial charge on any atom is 0.407 e. The van der Waals surface area contributed by atoms with E-state index in [1.54, 1.807) is 17.1 Å². The summed E-state index contributed by atoms with van der Waals surface area (Å²) in [7, 11) is 0. The molecule has 1 fully saturated rings. The second-order valence-electron chi connectivity index (χ2n) is 10.6. The Labute approximate surface area is 235 Å². The predicted octanol–water partition coefficient (Wildman–Crippen LogP) is 4.83. The van der Waals surface area contributed by atoms with Crippen LogP contribution in [0.25, 0.3) is 0 Å². The van der Waals surface area contributed by atoms with Gasteiger partial charge in [-0.15, -0.1) is 0 Å². The van der Waals surface area contributed by atoms with Crippen molar-refractivity contribution >= 4 is 29.4 Å². The Morgan fingerprint density at radius 2 is 1.90 bits per heavy atom. The van der Waals surface area contributed by atoms with Gasteiger partial charge in [0.15, 0.2) is 5.82 Å². The summed E-state index contributed by atoms with van der Waals surface area (Å²) in [6.45, 7) is 10.5. The Balaban J connectivity index is 1.58. The van der Waals surface area contributed by atoms with Gasteiger partial charge in [-0.25, -0.2) is 9.78 Å². The molecule has 0 bridgehead atoms.